The molecule has 0 aromatic heterocycles. The van der Waals surface area contributed by atoms with Crippen LogP contribution in [-0.2, 0) is 6.18 Å². The molecule has 1 aromatic carbocycles. The van der Waals surface area contributed by atoms with Gasteiger partial charge in [0.2, 0.25) is 0 Å². The molecule has 104 valence electrons. The summed E-state index contributed by atoms with van der Waals surface area (Å²) in [7, 11) is 0. The van der Waals surface area contributed by atoms with Gasteiger partial charge in [-0.2, -0.15) is 24.9 Å². The van der Waals surface area contributed by atoms with Gasteiger partial charge in [-0.3, -0.25) is 0 Å². The number of nitrogens with one attached hydrogen (secondary N) is 1. The molecule has 1 aromatic rings. The highest BCUT2D eigenvalue weighted by Gasteiger charge is 2.35. The molecule has 1 nitrogen and oxygen atoms in total. The first-order valence-corrected chi connectivity index (χ1v) is 7.74. The molecule has 0 amide bonds. The van der Waals surface area contributed by atoms with E-state index in [1.54, 1.807) is 6.07 Å². The molecule has 1 saturated heterocycles. The van der Waals surface area contributed by atoms with Gasteiger partial charge in [0.1, 0.15) is 0 Å². The molecule has 0 aliphatic carbocycles. The second kappa shape index (κ2) is 4.93. The van der Waals surface area contributed by atoms with Gasteiger partial charge in [0, 0.05) is 12.2 Å². The van der Waals surface area contributed by atoms with Gasteiger partial charge in [0.05, 0.1) is 5.56 Å². The molecule has 0 radical (unpaired) electrons. The Morgan fingerprint density at radius 1 is 1.21 bits per heavy atom. The molecule has 0 bridgehead atoms. The number of benzene rings is 1. The molecule has 2 aliphatic heterocycles. The lowest BCUT2D eigenvalue weighted by molar-refractivity contribution is -0.137. The summed E-state index contributed by atoms with van der Waals surface area (Å²) in [5.74, 6) is 3.05. The minimum atomic E-state index is -4.25. The standard InChI is InChI=1S/C14H16F3NS/c15-14(16,17)10-1-2-13-12(7-10)11(3-5-18-13)9-4-6-19-8-9/h1-2,7,9,11,18H,3-6,8H2. The molecule has 0 saturated carbocycles. The van der Waals surface area contributed by atoms with Gasteiger partial charge in [-0.1, -0.05) is 0 Å². The normalized spacial score (nSPS) is 26.9. The largest absolute Gasteiger partial charge is 0.416 e. The molecule has 0 spiro atoms. The lowest BCUT2D eigenvalue weighted by Gasteiger charge is -2.31. The molecule has 2 atom stereocenters. The molecular weight excluding hydrogens is 271 g/mol. The highest BCUT2D eigenvalue weighted by Crippen LogP contribution is 2.44. The van der Waals surface area contributed by atoms with E-state index in [4.69, 9.17) is 0 Å². The van der Waals surface area contributed by atoms with E-state index in [-0.39, 0.29) is 5.92 Å². The summed E-state index contributed by atoms with van der Waals surface area (Å²) in [6, 6.07) is 4.12. The van der Waals surface area contributed by atoms with E-state index in [2.05, 4.69) is 5.32 Å². The number of thioether (sulfide) groups is 1. The monoisotopic (exact) mass is 287 g/mol. The third kappa shape index (κ3) is 2.57. The fraction of sp³-hybridized carbons (Fsp3) is 0.571. The van der Waals surface area contributed by atoms with Gasteiger partial charge in [0.25, 0.3) is 0 Å². The maximum Gasteiger partial charge on any atom is 0.416 e. The summed E-state index contributed by atoms with van der Waals surface area (Å²) in [5, 5.41) is 3.22. The molecular formula is C14H16F3NS. The zero-order valence-electron chi connectivity index (χ0n) is 10.5. The fourth-order valence-corrected chi connectivity index (χ4v) is 4.42. The van der Waals surface area contributed by atoms with Crippen LogP contribution in [-0.4, -0.2) is 18.1 Å². The average molecular weight is 287 g/mol. The number of fused-ring (bicyclic) bond motifs is 1. The summed E-state index contributed by atoms with van der Waals surface area (Å²) in [5.41, 5.74) is 1.24. The molecule has 1 N–H and O–H groups in total. The number of rotatable bonds is 1. The zero-order chi connectivity index (χ0) is 13.5. The van der Waals surface area contributed by atoms with Crippen molar-refractivity contribution in [1.82, 2.24) is 0 Å². The molecule has 1 fully saturated rings. The highest BCUT2D eigenvalue weighted by atomic mass is 32.2. The van der Waals surface area contributed by atoms with Crippen LogP contribution in [0.15, 0.2) is 18.2 Å². The Balaban J connectivity index is 1.97. The summed E-state index contributed by atoms with van der Waals surface area (Å²) >= 11 is 1.92. The maximum absolute atomic E-state index is 12.8. The molecule has 2 aliphatic rings. The van der Waals surface area contributed by atoms with Crippen molar-refractivity contribution in [3.05, 3.63) is 29.3 Å². The Morgan fingerprint density at radius 3 is 2.74 bits per heavy atom. The Kier molecular flexibility index (Phi) is 3.41. The first-order chi connectivity index (χ1) is 9.05. The van der Waals surface area contributed by atoms with Gasteiger partial charge in [-0.25, -0.2) is 0 Å². The first kappa shape index (κ1) is 13.2. The number of halogens is 3. The van der Waals surface area contributed by atoms with Crippen molar-refractivity contribution in [1.29, 1.82) is 0 Å². The Morgan fingerprint density at radius 2 is 2.05 bits per heavy atom. The SMILES string of the molecule is FC(F)(F)c1ccc2c(c1)C(C1CCSC1)CCN2. The van der Waals surface area contributed by atoms with E-state index in [1.165, 1.54) is 12.1 Å². The van der Waals surface area contributed by atoms with Crippen molar-refractivity contribution >= 4 is 17.4 Å². The number of anilines is 1. The van der Waals surface area contributed by atoms with Crippen molar-refractivity contribution in [3.63, 3.8) is 0 Å². The summed E-state index contributed by atoms with van der Waals surface area (Å²) in [4.78, 5) is 0. The summed E-state index contributed by atoms with van der Waals surface area (Å²) in [6.45, 7) is 0.865. The smallest absolute Gasteiger partial charge is 0.385 e. The van der Waals surface area contributed by atoms with Crippen LogP contribution in [0, 0.1) is 5.92 Å². The van der Waals surface area contributed by atoms with Crippen LogP contribution in [0.1, 0.15) is 29.9 Å². The van der Waals surface area contributed by atoms with Crippen molar-refractivity contribution in [2.24, 2.45) is 5.92 Å². The quantitative estimate of drug-likeness (QED) is 0.823. The third-order valence-electron chi connectivity index (χ3n) is 4.08. The van der Waals surface area contributed by atoms with E-state index in [9.17, 15) is 13.2 Å². The van der Waals surface area contributed by atoms with E-state index < -0.39 is 11.7 Å². The lowest BCUT2D eigenvalue weighted by atomic mass is 9.80. The Hall–Kier alpha value is -0.840. The predicted molar refractivity (Wildman–Crippen MR) is 72.7 cm³/mol. The van der Waals surface area contributed by atoms with Crippen molar-refractivity contribution < 1.29 is 13.2 Å². The van der Waals surface area contributed by atoms with Crippen LogP contribution in [0.25, 0.3) is 0 Å². The van der Waals surface area contributed by atoms with Gasteiger partial charge in [-0.15, -0.1) is 0 Å². The zero-order valence-corrected chi connectivity index (χ0v) is 11.3. The van der Waals surface area contributed by atoms with Crippen LogP contribution in [0.5, 0.6) is 0 Å². The molecule has 2 heterocycles. The minimum absolute atomic E-state index is 0.286. The van der Waals surface area contributed by atoms with Gasteiger partial charge in [0.15, 0.2) is 0 Å². The van der Waals surface area contributed by atoms with Gasteiger partial charge >= 0.3 is 6.18 Å². The van der Waals surface area contributed by atoms with E-state index in [0.717, 1.165) is 42.1 Å². The Bertz CT molecular complexity index is 466. The fourth-order valence-electron chi connectivity index (χ4n) is 3.08. The van der Waals surface area contributed by atoms with Crippen LogP contribution < -0.4 is 5.32 Å². The van der Waals surface area contributed by atoms with Crippen LogP contribution in [0.2, 0.25) is 0 Å². The van der Waals surface area contributed by atoms with Gasteiger partial charge < -0.3 is 5.32 Å². The third-order valence-corrected chi connectivity index (χ3v) is 5.27. The van der Waals surface area contributed by atoms with Crippen molar-refractivity contribution in [2.45, 2.75) is 24.9 Å². The molecule has 5 heteroatoms. The van der Waals surface area contributed by atoms with Crippen molar-refractivity contribution in [2.75, 3.05) is 23.4 Å². The first-order valence-electron chi connectivity index (χ1n) is 6.58. The van der Waals surface area contributed by atoms with Gasteiger partial charge in [-0.05, 0) is 59.9 Å². The molecule has 19 heavy (non-hydrogen) atoms. The van der Waals surface area contributed by atoms with E-state index in [0.29, 0.717) is 5.92 Å². The number of hydrogen-bond acceptors (Lipinski definition) is 2. The highest BCUT2D eigenvalue weighted by molar-refractivity contribution is 7.99. The lowest BCUT2D eigenvalue weighted by Crippen LogP contribution is -2.23. The van der Waals surface area contributed by atoms with E-state index >= 15 is 0 Å². The van der Waals surface area contributed by atoms with Crippen LogP contribution in [0.3, 0.4) is 0 Å². The van der Waals surface area contributed by atoms with Crippen molar-refractivity contribution in [3.8, 4) is 0 Å². The molecule has 2 unspecified atom stereocenters. The van der Waals surface area contributed by atoms with Crippen LogP contribution >= 0.6 is 11.8 Å². The topological polar surface area (TPSA) is 12.0 Å². The predicted octanol–water partition coefficient (Wildman–Crippen LogP) is 4.36. The second-order valence-electron chi connectivity index (χ2n) is 5.25. The number of alkyl halides is 3. The second-order valence-corrected chi connectivity index (χ2v) is 6.40. The molecule has 3 rings (SSSR count). The maximum atomic E-state index is 12.8. The average Bonchev–Trinajstić information content (AvgIpc) is 2.90. The summed E-state index contributed by atoms with van der Waals surface area (Å²) in [6.07, 6.45) is -2.17. The van der Waals surface area contributed by atoms with Crippen LogP contribution in [0.4, 0.5) is 18.9 Å². The van der Waals surface area contributed by atoms with E-state index in [1.807, 2.05) is 11.8 Å². The minimum Gasteiger partial charge on any atom is -0.385 e. The number of hydrogen-bond donors (Lipinski definition) is 1. The Labute approximate surface area is 115 Å². The summed E-state index contributed by atoms with van der Waals surface area (Å²) < 4.78 is 38.5.